The Morgan fingerprint density at radius 1 is 1.25 bits per heavy atom. The lowest BCUT2D eigenvalue weighted by Gasteiger charge is -2.23. The molecular formula is C11H25N. The van der Waals surface area contributed by atoms with Crippen molar-refractivity contribution in [1.82, 2.24) is 5.32 Å². The first-order chi connectivity index (χ1) is 5.48. The Kier molecular flexibility index (Phi) is 5.56. The second-order valence-electron chi connectivity index (χ2n) is 4.88. The highest BCUT2D eigenvalue weighted by atomic mass is 14.9. The zero-order valence-corrected chi connectivity index (χ0v) is 9.41. The lowest BCUT2D eigenvalue weighted by atomic mass is 9.90. The van der Waals surface area contributed by atoms with E-state index in [0.29, 0.717) is 5.41 Å². The van der Waals surface area contributed by atoms with Crippen LogP contribution >= 0.6 is 0 Å². The largest absolute Gasteiger partial charge is 0.316 e. The molecule has 1 nitrogen and oxygen atoms in total. The first-order valence-corrected chi connectivity index (χ1v) is 5.18. The minimum absolute atomic E-state index is 0.469. The Hall–Kier alpha value is -0.0400. The van der Waals surface area contributed by atoms with Crippen molar-refractivity contribution in [2.24, 2.45) is 11.3 Å². The summed E-state index contributed by atoms with van der Waals surface area (Å²) in [4.78, 5) is 0. The van der Waals surface area contributed by atoms with E-state index >= 15 is 0 Å². The smallest absolute Gasteiger partial charge is 0.000242 e. The van der Waals surface area contributed by atoms with Crippen LogP contribution in [0.15, 0.2) is 0 Å². The fourth-order valence-electron chi connectivity index (χ4n) is 0.943. The first kappa shape index (κ1) is 12.0. The van der Waals surface area contributed by atoms with Crippen molar-refractivity contribution in [1.29, 1.82) is 0 Å². The van der Waals surface area contributed by atoms with Crippen molar-refractivity contribution in [2.45, 2.75) is 47.5 Å². The molecule has 0 bridgehead atoms. The molecule has 0 aliphatic carbocycles. The normalized spacial score (nSPS) is 12.5. The lowest BCUT2D eigenvalue weighted by molar-refractivity contribution is 0.324. The van der Waals surface area contributed by atoms with Crippen LogP contribution in [-0.2, 0) is 0 Å². The van der Waals surface area contributed by atoms with Gasteiger partial charge in [0.25, 0.3) is 0 Å². The summed E-state index contributed by atoms with van der Waals surface area (Å²) in [5.74, 6) is 0.822. The summed E-state index contributed by atoms with van der Waals surface area (Å²) in [6.45, 7) is 13.7. The standard InChI is InChI=1S/C11H25N/c1-6-11(4,5)9-12-8-7-10(2)3/h10,12H,6-9H2,1-5H3. The van der Waals surface area contributed by atoms with Gasteiger partial charge in [-0.3, -0.25) is 0 Å². The molecule has 0 unspecified atom stereocenters. The minimum atomic E-state index is 0.469. The summed E-state index contributed by atoms with van der Waals surface area (Å²) in [7, 11) is 0. The molecule has 0 heterocycles. The Morgan fingerprint density at radius 3 is 2.25 bits per heavy atom. The maximum absolute atomic E-state index is 3.51. The molecule has 0 atom stereocenters. The highest BCUT2D eigenvalue weighted by molar-refractivity contribution is 4.69. The molecule has 1 heteroatoms. The van der Waals surface area contributed by atoms with Crippen LogP contribution in [0.25, 0.3) is 0 Å². The van der Waals surface area contributed by atoms with Crippen molar-refractivity contribution >= 4 is 0 Å². The Balaban J connectivity index is 3.31. The van der Waals surface area contributed by atoms with Crippen LogP contribution in [0.3, 0.4) is 0 Å². The van der Waals surface area contributed by atoms with Crippen LogP contribution in [0.4, 0.5) is 0 Å². The second-order valence-corrected chi connectivity index (χ2v) is 4.88. The molecule has 0 aliphatic rings. The number of nitrogens with one attached hydrogen (secondary N) is 1. The highest BCUT2D eigenvalue weighted by Gasteiger charge is 2.13. The molecule has 0 saturated carbocycles. The molecule has 0 aliphatic heterocycles. The van der Waals surface area contributed by atoms with Gasteiger partial charge in [-0.05, 0) is 30.7 Å². The molecule has 0 saturated heterocycles. The van der Waals surface area contributed by atoms with Gasteiger partial charge in [-0.25, -0.2) is 0 Å². The predicted molar refractivity (Wildman–Crippen MR) is 56.4 cm³/mol. The van der Waals surface area contributed by atoms with E-state index in [-0.39, 0.29) is 0 Å². The van der Waals surface area contributed by atoms with E-state index < -0.39 is 0 Å². The van der Waals surface area contributed by atoms with Gasteiger partial charge in [-0.2, -0.15) is 0 Å². The van der Waals surface area contributed by atoms with Crippen LogP contribution < -0.4 is 5.32 Å². The number of hydrogen-bond acceptors (Lipinski definition) is 1. The molecule has 0 spiro atoms. The van der Waals surface area contributed by atoms with Crippen LogP contribution in [-0.4, -0.2) is 13.1 Å². The Morgan fingerprint density at radius 2 is 1.83 bits per heavy atom. The van der Waals surface area contributed by atoms with Crippen LogP contribution in [0.1, 0.15) is 47.5 Å². The highest BCUT2D eigenvalue weighted by Crippen LogP contribution is 2.17. The molecule has 0 aromatic rings. The third-order valence-corrected chi connectivity index (χ3v) is 2.46. The fourth-order valence-corrected chi connectivity index (χ4v) is 0.943. The van der Waals surface area contributed by atoms with Crippen molar-refractivity contribution in [2.75, 3.05) is 13.1 Å². The van der Waals surface area contributed by atoms with E-state index in [4.69, 9.17) is 0 Å². The van der Waals surface area contributed by atoms with E-state index in [0.717, 1.165) is 12.5 Å². The average Bonchev–Trinajstić information content (AvgIpc) is 1.98. The molecular weight excluding hydrogens is 146 g/mol. The van der Waals surface area contributed by atoms with Crippen LogP contribution in [0, 0.1) is 11.3 Å². The van der Waals surface area contributed by atoms with Crippen molar-refractivity contribution in [3.63, 3.8) is 0 Å². The van der Waals surface area contributed by atoms with Crippen molar-refractivity contribution in [3.05, 3.63) is 0 Å². The van der Waals surface area contributed by atoms with Crippen molar-refractivity contribution in [3.8, 4) is 0 Å². The van der Waals surface area contributed by atoms with Gasteiger partial charge in [0, 0.05) is 6.54 Å². The van der Waals surface area contributed by atoms with E-state index in [2.05, 4.69) is 39.9 Å². The van der Waals surface area contributed by atoms with E-state index in [9.17, 15) is 0 Å². The second kappa shape index (κ2) is 5.58. The fraction of sp³-hybridized carbons (Fsp3) is 1.00. The van der Waals surface area contributed by atoms with Crippen molar-refractivity contribution < 1.29 is 0 Å². The summed E-state index contributed by atoms with van der Waals surface area (Å²) in [6.07, 6.45) is 2.54. The zero-order valence-electron chi connectivity index (χ0n) is 9.41. The summed E-state index contributed by atoms with van der Waals surface area (Å²) >= 11 is 0. The third-order valence-electron chi connectivity index (χ3n) is 2.46. The van der Waals surface area contributed by atoms with Crippen LogP contribution in [0.5, 0.6) is 0 Å². The molecule has 0 aromatic carbocycles. The molecule has 1 N–H and O–H groups in total. The molecule has 0 radical (unpaired) electrons. The summed E-state index contributed by atoms with van der Waals surface area (Å²) in [5, 5.41) is 3.51. The van der Waals surface area contributed by atoms with E-state index in [1.165, 1.54) is 19.4 Å². The number of rotatable bonds is 6. The molecule has 0 fully saturated rings. The topological polar surface area (TPSA) is 12.0 Å². The molecule has 0 rings (SSSR count). The third kappa shape index (κ3) is 6.66. The maximum Gasteiger partial charge on any atom is 0.000242 e. The van der Waals surface area contributed by atoms with E-state index in [1.54, 1.807) is 0 Å². The predicted octanol–water partition coefficient (Wildman–Crippen LogP) is 3.06. The SMILES string of the molecule is CCC(C)(C)CNCCC(C)C. The Labute approximate surface area is 77.9 Å². The molecule has 12 heavy (non-hydrogen) atoms. The molecule has 0 amide bonds. The maximum atomic E-state index is 3.51. The number of hydrogen-bond donors (Lipinski definition) is 1. The van der Waals surface area contributed by atoms with E-state index in [1.807, 2.05) is 0 Å². The van der Waals surface area contributed by atoms with Gasteiger partial charge < -0.3 is 5.32 Å². The average molecular weight is 171 g/mol. The van der Waals surface area contributed by atoms with Gasteiger partial charge in [0.1, 0.15) is 0 Å². The lowest BCUT2D eigenvalue weighted by Crippen LogP contribution is -2.29. The minimum Gasteiger partial charge on any atom is -0.316 e. The Bertz CT molecular complexity index is 106. The zero-order chi connectivity index (χ0) is 9.61. The van der Waals surface area contributed by atoms with Gasteiger partial charge in [-0.1, -0.05) is 34.6 Å². The van der Waals surface area contributed by atoms with Gasteiger partial charge in [0.2, 0.25) is 0 Å². The summed E-state index contributed by atoms with van der Waals surface area (Å²) in [5.41, 5.74) is 0.469. The first-order valence-electron chi connectivity index (χ1n) is 5.18. The quantitative estimate of drug-likeness (QED) is 0.606. The van der Waals surface area contributed by atoms with Crippen LogP contribution in [0.2, 0.25) is 0 Å². The monoisotopic (exact) mass is 171 g/mol. The molecule has 0 aromatic heterocycles. The summed E-state index contributed by atoms with van der Waals surface area (Å²) < 4.78 is 0. The van der Waals surface area contributed by atoms with Gasteiger partial charge >= 0.3 is 0 Å². The summed E-state index contributed by atoms with van der Waals surface area (Å²) in [6, 6.07) is 0. The van der Waals surface area contributed by atoms with Gasteiger partial charge in [0.05, 0.1) is 0 Å². The molecule has 74 valence electrons. The van der Waals surface area contributed by atoms with Gasteiger partial charge in [0.15, 0.2) is 0 Å². The van der Waals surface area contributed by atoms with Gasteiger partial charge in [-0.15, -0.1) is 0 Å².